The second-order valence-electron chi connectivity index (χ2n) is 6.06. The number of nitrogens with one attached hydrogen (secondary N) is 2. The summed E-state index contributed by atoms with van der Waals surface area (Å²) in [7, 11) is 1.80. The van der Waals surface area contributed by atoms with E-state index in [1.54, 1.807) is 7.05 Å². The second kappa shape index (κ2) is 10.2. The van der Waals surface area contributed by atoms with Crippen molar-refractivity contribution in [1.29, 1.82) is 0 Å². The summed E-state index contributed by atoms with van der Waals surface area (Å²) in [4.78, 5) is 8.74. The van der Waals surface area contributed by atoms with Crippen LogP contribution < -0.4 is 10.6 Å². The SMILES string of the molecule is CN=C(NCCCn1cnc2ccccc21)NC(C)c1ccccc1.I. The van der Waals surface area contributed by atoms with Crippen molar-refractivity contribution < 1.29 is 0 Å². The number of imidazole rings is 1. The van der Waals surface area contributed by atoms with Crippen LogP contribution in [0.5, 0.6) is 0 Å². The first kappa shape index (κ1) is 20.2. The van der Waals surface area contributed by atoms with E-state index in [0.717, 1.165) is 31.0 Å². The fraction of sp³-hybridized carbons (Fsp3) is 0.300. The third kappa shape index (κ3) is 5.20. The number of aliphatic imine (C=N–C) groups is 1. The van der Waals surface area contributed by atoms with Gasteiger partial charge in [0.15, 0.2) is 5.96 Å². The van der Waals surface area contributed by atoms with Gasteiger partial charge in [-0.3, -0.25) is 4.99 Å². The molecule has 138 valence electrons. The fourth-order valence-electron chi connectivity index (χ4n) is 2.87. The highest BCUT2D eigenvalue weighted by molar-refractivity contribution is 14.0. The average molecular weight is 463 g/mol. The van der Waals surface area contributed by atoms with E-state index in [9.17, 15) is 0 Å². The Morgan fingerprint density at radius 2 is 1.85 bits per heavy atom. The lowest BCUT2D eigenvalue weighted by atomic mass is 10.1. The number of hydrogen-bond acceptors (Lipinski definition) is 2. The summed E-state index contributed by atoms with van der Waals surface area (Å²) >= 11 is 0. The van der Waals surface area contributed by atoms with Crippen molar-refractivity contribution in [2.45, 2.75) is 25.9 Å². The Kier molecular flexibility index (Phi) is 7.90. The van der Waals surface area contributed by atoms with Gasteiger partial charge in [-0.2, -0.15) is 0 Å². The molecule has 0 aliphatic carbocycles. The van der Waals surface area contributed by atoms with Gasteiger partial charge in [0.25, 0.3) is 0 Å². The molecule has 3 aromatic rings. The molecule has 2 aromatic carbocycles. The van der Waals surface area contributed by atoms with Gasteiger partial charge >= 0.3 is 0 Å². The molecule has 6 heteroatoms. The van der Waals surface area contributed by atoms with E-state index < -0.39 is 0 Å². The molecule has 1 atom stereocenters. The van der Waals surface area contributed by atoms with E-state index in [2.05, 4.69) is 68.5 Å². The number of rotatable bonds is 6. The van der Waals surface area contributed by atoms with Crippen LogP contribution in [0.2, 0.25) is 0 Å². The number of para-hydroxylation sites is 2. The van der Waals surface area contributed by atoms with E-state index >= 15 is 0 Å². The number of fused-ring (bicyclic) bond motifs is 1. The van der Waals surface area contributed by atoms with Crippen molar-refractivity contribution >= 4 is 41.0 Å². The Bertz CT molecular complexity index is 828. The first-order valence-corrected chi connectivity index (χ1v) is 8.70. The summed E-state index contributed by atoms with van der Waals surface area (Å²) in [6.07, 6.45) is 2.91. The number of aromatic nitrogens is 2. The predicted octanol–water partition coefficient (Wildman–Crippen LogP) is 3.97. The largest absolute Gasteiger partial charge is 0.356 e. The number of benzene rings is 2. The summed E-state index contributed by atoms with van der Waals surface area (Å²) < 4.78 is 2.19. The van der Waals surface area contributed by atoms with Crippen LogP contribution in [0.15, 0.2) is 65.9 Å². The summed E-state index contributed by atoms with van der Waals surface area (Å²) in [5.41, 5.74) is 3.47. The Hall–Kier alpha value is -2.09. The zero-order valence-corrected chi connectivity index (χ0v) is 17.6. The minimum absolute atomic E-state index is 0. The van der Waals surface area contributed by atoms with Crippen LogP contribution in [0.4, 0.5) is 0 Å². The Balaban J connectivity index is 0.00000243. The monoisotopic (exact) mass is 463 g/mol. The van der Waals surface area contributed by atoms with Gasteiger partial charge < -0.3 is 15.2 Å². The number of halogens is 1. The van der Waals surface area contributed by atoms with Crippen LogP contribution in [0.25, 0.3) is 11.0 Å². The number of nitrogens with zero attached hydrogens (tertiary/aromatic N) is 3. The van der Waals surface area contributed by atoms with Crippen molar-refractivity contribution in [1.82, 2.24) is 20.2 Å². The van der Waals surface area contributed by atoms with Crippen LogP contribution in [0, 0.1) is 0 Å². The van der Waals surface area contributed by atoms with Crippen LogP contribution in [0.1, 0.15) is 24.9 Å². The van der Waals surface area contributed by atoms with E-state index in [-0.39, 0.29) is 30.0 Å². The quantitative estimate of drug-likeness (QED) is 0.252. The lowest BCUT2D eigenvalue weighted by molar-refractivity contribution is 0.625. The van der Waals surface area contributed by atoms with Crippen LogP contribution in [0.3, 0.4) is 0 Å². The molecule has 3 rings (SSSR count). The second-order valence-corrected chi connectivity index (χ2v) is 6.06. The molecular formula is C20H26IN5. The molecule has 26 heavy (non-hydrogen) atoms. The summed E-state index contributed by atoms with van der Waals surface area (Å²) in [5, 5.41) is 6.81. The Labute approximate surface area is 172 Å². The molecule has 1 unspecified atom stereocenters. The van der Waals surface area contributed by atoms with E-state index in [1.165, 1.54) is 11.1 Å². The molecule has 5 nitrogen and oxygen atoms in total. The van der Waals surface area contributed by atoms with Crippen LogP contribution >= 0.6 is 24.0 Å². The summed E-state index contributed by atoms with van der Waals surface area (Å²) in [6, 6.07) is 18.8. The lowest BCUT2D eigenvalue weighted by Crippen LogP contribution is -2.39. The molecule has 0 aliphatic rings. The zero-order chi connectivity index (χ0) is 17.5. The Morgan fingerprint density at radius 1 is 1.12 bits per heavy atom. The van der Waals surface area contributed by atoms with Crippen molar-refractivity contribution in [2.24, 2.45) is 4.99 Å². The van der Waals surface area contributed by atoms with Gasteiger partial charge in [0.2, 0.25) is 0 Å². The van der Waals surface area contributed by atoms with Gasteiger partial charge in [-0.25, -0.2) is 4.98 Å². The van der Waals surface area contributed by atoms with Crippen LogP contribution in [-0.2, 0) is 6.54 Å². The lowest BCUT2D eigenvalue weighted by Gasteiger charge is -2.18. The number of hydrogen-bond donors (Lipinski definition) is 2. The molecule has 0 amide bonds. The highest BCUT2D eigenvalue weighted by Gasteiger charge is 2.07. The van der Waals surface area contributed by atoms with Gasteiger partial charge in [-0.05, 0) is 31.0 Å². The third-order valence-corrected chi connectivity index (χ3v) is 4.27. The van der Waals surface area contributed by atoms with E-state index in [1.807, 2.05) is 24.5 Å². The van der Waals surface area contributed by atoms with Crippen molar-refractivity contribution in [3.05, 3.63) is 66.5 Å². The number of guanidine groups is 1. The molecule has 0 saturated heterocycles. The molecule has 0 spiro atoms. The van der Waals surface area contributed by atoms with Crippen LogP contribution in [-0.4, -0.2) is 29.1 Å². The molecule has 1 aromatic heterocycles. The highest BCUT2D eigenvalue weighted by atomic mass is 127. The standard InChI is InChI=1S/C20H25N5.HI/c1-16(17-9-4-3-5-10-17)24-20(21-2)22-13-8-14-25-15-23-18-11-6-7-12-19(18)25;/h3-7,9-12,15-16H,8,13-14H2,1-2H3,(H2,21,22,24);1H. The zero-order valence-electron chi connectivity index (χ0n) is 15.2. The number of aryl methyl sites for hydroxylation is 1. The van der Waals surface area contributed by atoms with Crippen molar-refractivity contribution in [3.63, 3.8) is 0 Å². The summed E-state index contributed by atoms with van der Waals surface area (Å²) in [5.74, 6) is 0.826. The molecule has 2 N–H and O–H groups in total. The maximum atomic E-state index is 4.43. The van der Waals surface area contributed by atoms with Crippen molar-refractivity contribution in [2.75, 3.05) is 13.6 Å². The molecule has 0 saturated carbocycles. The predicted molar refractivity (Wildman–Crippen MR) is 119 cm³/mol. The average Bonchev–Trinajstić information content (AvgIpc) is 3.08. The van der Waals surface area contributed by atoms with Gasteiger partial charge in [0.05, 0.1) is 23.4 Å². The molecule has 1 heterocycles. The first-order chi connectivity index (χ1) is 12.3. The fourth-order valence-corrected chi connectivity index (χ4v) is 2.87. The first-order valence-electron chi connectivity index (χ1n) is 8.70. The highest BCUT2D eigenvalue weighted by Crippen LogP contribution is 2.12. The topological polar surface area (TPSA) is 54.2 Å². The van der Waals surface area contributed by atoms with Gasteiger partial charge in [-0.15, -0.1) is 24.0 Å². The molecular weight excluding hydrogens is 437 g/mol. The smallest absolute Gasteiger partial charge is 0.191 e. The Morgan fingerprint density at radius 3 is 2.62 bits per heavy atom. The maximum Gasteiger partial charge on any atom is 0.191 e. The van der Waals surface area contributed by atoms with E-state index in [0.29, 0.717) is 0 Å². The maximum absolute atomic E-state index is 4.43. The van der Waals surface area contributed by atoms with Gasteiger partial charge in [0.1, 0.15) is 0 Å². The normalized spacial score (nSPS) is 12.5. The van der Waals surface area contributed by atoms with Crippen molar-refractivity contribution in [3.8, 4) is 0 Å². The molecule has 0 aliphatic heterocycles. The third-order valence-electron chi connectivity index (χ3n) is 4.27. The molecule has 0 fully saturated rings. The molecule has 0 radical (unpaired) electrons. The minimum atomic E-state index is 0. The van der Waals surface area contributed by atoms with E-state index in [4.69, 9.17) is 0 Å². The summed E-state index contributed by atoms with van der Waals surface area (Å²) in [6.45, 7) is 3.92. The van der Waals surface area contributed by atoms with Gasteiger partial charge in [0, 0.05) is 20.1 Å². The minimum Gasteiger partial charge on any atom is -0.356 e. The van der Waals surface area contributed by atoms with Gasteiger partial charge in [-0.1, -0.05) is 42.5 Å². The molecule has 0 bridgehead atoms.